The van der Waals surface area contributed by atoms with Crippen molar-refractivity contribution in [1.29, 1.82) is 0 Å². The molecule has 2 rings (SSSR count). The van der Waals surface area contributed by atoms with Crippen LogP contribution >= 0.6 is 22.7 Å². The lowest BCUT2D eigenvalue weighted by Crippen LogP contribution is -2.26. The number of thiazole rings is 1. The Hall–Kier alpha value is -1.10. The van der Waals surface area contributed by atoms with Gasteiger partial charge in [0.25, 0.3) is 10.0 Å². The van der Waals surface area contributed by atoms with Gasteiger partial charge in [0.05, 0.1) is 16.7 Å². The van der Waals surface area contributed by atoms with E-state index in [1.165, 1.54) is 11.3 Å². The van der Waals surface area contributed by atoms with Crippen LogP contribution in [0.4, 0.5) is 5.13 Å². The summed E-state index contributed by atoms with van der Waals surface area (Å²) in [4.78, 5) is 5.16. The molecule has 0 aliphatic heterocycles. The Balaban J connectivity index is 2.23. The summed E-state index contributed by atoms with van der Waals surface area (Å²) in [7, 11) is -3.70. The van der Waals surface area contributed by atoms with Gasteiger partial charge in [-0.3, -0.25) is 0 Å². The largest absolute Gasteiger partial charge is 0.374 e. The predicted octanol–water partition coefficient (Wildman–Crippen LogP) is 1.23. The number of anilines is 1. The van der Waals surface area contributed by atoms with Crippen LogP contribution in [0.5, 0.6) is 0 Å². The molecule has 0 bridgehead atoms. The molecule has 0 fully saturated rings. The second-order valence-corrected chi connectivity index (χ2v) is 8.06. The molecule has 3 N–H and O–H groups in total. The molecule has 0 spiro atoms. The van der Waals surface area contributed by atoms with Crippen molar-refractivity contribution in [2.45, 2.75) is 31.2 Å². The number of nitrogens with one attached hydrogen (secondary N) is 1. The number of nitrogen functional groups attached to an aromatic ring is 1. The standard InChI is InChI=1S/C9H13N5O2S3/c1-4-7(17-6(3)11-4)5(2)14-19(15,16)9-13-12-8(10)18-9/h5,14H,1-3H3,(H2,10,12). The van der Waals surface area contributed by atoms with Crippen LogP contribution in [-0.2, 0) is 10.0 Å². The van der Waals surface area contributed by atoms with Gasteiger partial charge in [-0.05, 0) is 20.8 Å². The molecule has 0 amide bonds. The molecule has 19 heavy (non-hydrogen) atoms. The Morgan fingerprint density at radius 3 is 2.42 bits per heavy atom. The average Bonchev–Trinajstić information content (AvgIpc) is 2.84. The second-order valence-electron chi connectivity index (χ2n) is 3.93. The maximum absolute atomic E-state index is 12.1. The van der Waals surface area contributed by atoms with Gasteiger partial charge in [0, 0.05) is 4.88 Å². The molecular formula is C9H13N5O2S3. The van der Waals surface area contributed by atoms with Crippen LogP contribution in [0, 0.1) is 13.8 Å². The van der Waals surface area contributed by atoms with Gasteiger partial charge in [0.2, 0.25) is 9.47 Å². The zero-order valence-corrected chi connectivity index (χ0v) is 13.0. The van der Waals surface area contributed by atoms with E-state index in [2.05, 4.69) is 19.9 Å². The number of hydrogen-bond acceptors (Lipinski definition) is 8. The highest BCUT2D eigenvalue weighted by Gasteiger charge is 2.24. The maximum Gasteiger partial charge on any atom is 0.270 e. The predicted molar refractivity (Wildman–Crippen MR) is 74.6 cm³/mol. The van der Waals surface area contributed by atoms with Crippen molar-refractivity contribution < 1.29 is 8.42 Å². The quantitative estimate of drug-likeness (QED) is 0.877. The first kappa shape index (κ1) is 14.3. The first-order valence-corrected chi connectivity index (χ1v) is 8.46. The van der Waals surface area contributed by atoms with E-state index in [9.17, 15) is 8.42 Å². The molecule has 0 saturated heterocycles. The van der Waals surface area contributed by atoms with E-state index >= 15 is 0 Å². The summed E-state index contributed by atoms with van der Waals surface area (Å²) in [6.45, 7) is 5.50. The van der Waals surface area contributed by atoms with Crippen LogP contribution in [0.2, 0.25) is 0 Å². The lowest BCUT2D eigenvalue weighted by Gasteiger charge is -2.11. The van der Waals surface area contributed by atoms with E-state index in [1.54, 1.807) is 6.92 Å². The zero-order valence-electron chi connectivity index (χ0n) is 10.5. The van der Waals surface area contributed by atoms with Gasteiger partial charge in [-0.2, -0.15) is 0 Å². The minimum absolute atomic E-state index is 0.123. The molecule has 2 heterocycles. The second kappa shape index (κ2) is 5.12. The Labute approximate surface area is 119 Å². The fourth-order valence-electron chi connectivity index (χ4n) is 1.61. The smallest absolute Gasteiger partial charge is 0.270 e. The Morgan fingerprint density at radius 1 is 1.26 bits per heavy atom. The number of nitrogens with two attached hydrogens (primary N) is 1. The first-order valence-electron chi connectivity index (χ1n) is 5.35. The fraction of sp³-hybridized carbons (Fsp3) is 0.444. The summed E-state index contributed by atoms with van der Waals surface area (Å²) in [5.74, 6) is 0. The molecule has 2 aromatic rings. The minimum atomic E-state index is -3.70. The summed E-state index contributed by atoms with van der Waals surface area (Å²) in [6.07, 6.45) is 0. The highest BCUT2D eigenvalue weighted by atomic mass is 32.2. The molecule has 0 aliphatic carbocycles. The van der Waals surface area contributed by atoms with Crippen LogP contribution in [0.1, 0.15) is 28.5 Å². The summed E-state index contributed by atoms with van der Waals surface area (Å²) in [5, 5.41) is 8.07. The van der Waals surface area contributed by atoms with Crippen molar-refractivity contribution in [3.63, 3.8) is 0 Å². The van der Waals surface area contributed by atoms with E-state index in [1.807, 2.05) is 13.8 Å². The molecule has 7 nitrogen and oxygen atoms in total. The SMILES string of the molecule is Cc1nc(C)c(C(C)NS(=O)(=O)c2nnc(N)s2)s1. The molecule has 2 aromatic heterocycles. The van der Waals surface area contributed by atoms with Crippen LogP contribution in [0.15, 0.2) is 4.34 Å². The van der Waals surface area contributed by atoms with Crippen molar-refractivity contribution in [2.75, 3.05) is 5.73 Å². The Morgan fingerprint density at radius 2 is 1.95 bits per heavy atom. The highest BCUT2D eigenvalue weighted by molar-refractivity contribution is 7.91. The topological polar surface area (TPSA) is 111 Å². The van der Waals surface area contributed by atoms with Crippen LogP contribution in [-0.4, -0.2) is 23.6 Å². The molecule has 0 saturated carbocycles. The molecule has 0 radical (unpaired) electrons. The van der Waals surface area contributed by atoms with Crippen molar-refractivity contribution in [1.82, 2.24) is 19.9 Å². The average molecular weight is 319 g/mol. The Kier molecular flexibility index (Phi) is 3.85. The lowest BCUT2D eigenvalue weighted by molar-refractivity contribution is 0.566. The number of sulfonamides is 1. The zero-order chi connectivity index (χ0) is 14.2. The third kappa shape index (κ3) is 3.08. The molecule has 10 heteroatoms. The van der Waals surface area contributed by atoms with Crippen molar-refractivity contribution >= 4 is 37.8 Å². The third-order valence-electron chi connectivity index (χ3n) is 2.32. The minimum Gasteiger partial charge on any atom is -0.374 e. The van der Waals surface area contributed by atoms with E-state index in [0.717, 1.165) is 26.9 Å². The van der Waals surface area contributed by atoms with E-state index in [0.29, 0.717) is 0 Å². The van der Waals surface area contributed by atoms with E-state index in [-0.39, 0.29) is 15.5 Å². The summed E-state index contributed by atoms with van der Waals surface area (Å²) in [5.41, 5.74) is 6.22. The number of aromatic nitrogens is 3. The number of nitrogens with zero attached hydrogens (tertiary/aromatic N) is 3. The van der Waals surface area contributed by atoms with Crippen molar-refractivity contribution in [3.8, 4) is 0 Å². The van der Waals surface area contributed by atoms with E-state index in [4.69, 9.17) is 5.73 Å². The van der Waals surface area contributed by atoms with Gasteiger partial charge in [-0.1, -0.05) is 11.3 Å². The fourth-order valence-corrected chi connectivity index (χ4v) is 4.63. The molecule has 1 unspecified atom stereocenters. The van der Waals surface area contributed by atoms with Crippen molar-refractivity contribution in [3.05, 3.63) is 15.6 Å². The molecule has 0 aliphatic rings. The molecule has 1 atom stereocenters. The maximum atomic E-state index is 12.1. The third-order valence-corrected chi connectivity index (χ3v) is 6.23. The summed E-state index contributed by atoms with van der Waals surface area (Å²) >= 11 is 2.30. The number of hydrogen-bond donors (Lipinski definition) is 2. The summed E-state index contributed by atoms with van der Waals surface area (Å²) < 4.78 is 26.6. The molecule has 0 aromatic carbocycles. The van der Waals surface area contributed by atoms with Gasteiger partial charge in [-0.15, -0.1) is 21.5 Å². The van der Waals surface area contributed by atoms with Gasteiger partial charge in [0.15, 0.2) is 0 Å². The number of aryl methyl sites for hydroxylation is 2. The van der Waals surface area contributed by atoms with Gasteiger partial charge in [-0.25, -0.2) is 18.1 Å². The highest BCUT2D eigenvalue weighted by Crippen LogP contribution is 2.26. The molecular weight excluding hydrogens is 306 g/mol. The van der Waals surface area contributed by atoms with Crippen LogP contribution in [0.3, 0.4) is 0 Å². The Bertz CT molecular complexity index is 691. The lowest BCUT2D eigenvalue weighted by atomic mass is 10.2. The first-order chi connectivity index (χ1) is 8.79. The van der Waals surface area contributed by atoms with Crippen molar-refractivity contribution in [2.24, 2.45) is 0 Å². The van der Waals surface area contributed by atoms with Gasteiger partial charge in [0.1, 0.15) is 0 Å². The van der Waals surface area contributed by atoms with E-state index < -0.39 is 10.0 Å². The monoisotopic (exact) mass is 319 g/mol. The van der Waals surface area contributed by atoms with Crippen LogP contribution in [0.25, 0.3) is 0 Å². The van der Waals surface area contributed by atoms with Gasteiger partial charge >= 0.3 is 0 Å². The molecule has 104 valence electrons. The van der Waals surface area contributed by atoms with Gasteiger partial charge < -0.3 is 5.73 Å². The number of rotatable bonds is 4. The van der Waals surface area contributed by atoms with Crippen LogP contribution < -0.4 is 10.5 Å². The summed E-state index contributed by atoms with van der Waals surface area (Å²) in [6, 6.07) is -0.374. The normalized spacial score (nSPS) is 13.6.